The number of amides is 2. The normalized spacial score (nSPS) is 22.8. The fourth-order valence-corrected chi connectivity index (χ4v) is 4.31. The Morgan fingerprint density at radius 2 is 1.96 bits per heavy atom. The first-order chi connectivity index (χ1) is 11.7. The third kappa shape index (κ3) is 3.03. The van der Waals surface area contributed by atoms with Crippen molar-refractivity contribution < 1.29 is 19.1 Å². The van der Waals surface area contributed by atoms with Crippen LogP contribution in [0.1, 0.15) is 29.6 Å². The molecule has 0 saturated carbocycles. The highest BCUT2D eigenvalue weighted by Crippen LogP contribution is 2.34. The highest BCUT2D eigenvalue weighted by Gasteiger charge is 2.40. The molecule has 2 saturated heterocycles. The van der Waals surface area contributed by atoms with Crippen molar-refractivity contribution in [1.29, 1.82) is 0 Å². The molecule has 6 nitrogen and oxygen atoms in total. The molecule has 0 unspecified atom stereocenters. The van der Waals surface area contributed by atoms with Crippen LogP contribution in [0.25, 0.3) is 0 Å². The standard InChI is InChI=1S/C17H20N2O4S/c20-15-3-10-24-14-2-1-12(11-13(14)18-15)16(21)19-6-4-17(5-7-19)22-8-9-23-17/h1-2,11H,3-10H2,(H,18,20). The molecule has 0 atom stereocenters. The number of anilines is 1. The first-order valence-corrected chi connectivity index (χ1v) is 9.28. The molecule has 3 aliphatic heterocycles. The Morgan fingerprint density at radius 3 is 2.71 bits per heavy atom. The van der Waals surface area contributed by atoms with Gasteiger partial charge in [0.25, 0.3) is 5.91 Å². The second-order valence-corrected chi connectivity index (χ2v) is 7.39. The minimum absolute atomic E-state index is 0.00120. The third-order valence-corrected chi connectivity index (χ3v) is 5.79. The summed E-state index contributed by atoms with van der Waals surface area (Å²) in [4.78, 5) is 27.4. The average Bonchev–Trinajstić information content (AvgIpc) is 2.95. The van der Waals surface area contributed by atoms with E-state index in [1.54, 1.807) is 17.8 Å². The van der Waals surface area contributed by atoms with Gasteiger partial charge in [0.05, 0.1) is 18.9 Å². The summed E-state index contributed by atoms with van der Waals surface area (Å²) >= 11 is 1.64. The van der Waals surface area contributed by atoms with Gasteiger partial charge >= 0.3 is 0 Å². The number of likely N-dealkylation sites (tertiary alicyclic amines) is 1. The summed E-state index contributed by atoms with van der Waals surface area (Å²) in [5.74, 6) is 0.283. The van der Waals surface area contributed by atoms with Gasteiger partial charge in [0.2, 0.25) is 5.91 Å². The van der Waals surface area contributed by atoms with Crippen LogP contribution in [-0.4, -0.2) is 54.6 Å². The third-order valence-electron chi connectivity index (χ3n) is 4.71. The van der Waals surface area contributed by atoms with E-state index in [2.05, 4.69) is 5.32 Å². The average molecular weight is 348 g/mol. The van der Waals surface area contributed by atoms with Crippen molar-refractivity contribution in [2.24, 2.45) is 0 Å². The lowest BCUT2D eigenvalue weighted by atomic mass is 10.0. The van der Waals surface area contributed by atoms with E-state index in [1.165, 1.54) is 0 Å². The molecule has 0 aromatic heterocycles. The van der Waals surface area contributed by atoms with E-state index >= 15 is 0 Å². The number of carbonyl (C=O) groups excluding carboxylic acids is 2. The molecular formula is C17H20N2O4S. The predicted molar refractivity (Wildman–Crippen MR) is 90.2 cm³/mol. The van der Waals surface area contributed by atoms with Crippen LogP contribution in [0.15, 0.2) is 23.1 Å². The van der Waals surface area contributed by atoms with Gasteiger partial charge in [-0.2, -0.15) is 0 Å². The zero-order valence-electron chi connectivity index (χ0n) is 13.4. The van der Waals surface area contributed by atoms with Gasteiger partial charge in [0, 0.05) is 48.6 Å². The van der Waals surface area contributed by atoms with E-state index < -0.39 is 5.79 Å². The molecule has 0 bridgehead atoms. The molecular weight excluding hydrogens is 328 g/mol. The van der Waals surface area contributed by atoms with Gasteiger partial charge in [-0.3, -0.25) is 9.59 Å². The summed E-state index contributed by atoms with van der Waals surface area (Å²) in [5, 5.41) is 2.89. The highest BCUT2D eigenvalue weighted by molar-refractivity contribution is 7.99. The maximum absolute atomic E-state index is 12.8. The number of fused-ring (bicyclic) bond motifs is 1. The minimum Gasteiger partial charge on any atom is -0.347 e. The lowest BCUT2D eigenvalue weighted by Gasteiger charge is -2.37. The topological polar surface area (TPSA) is 67.9 Å². The van der Waals surface area contributed by atoms with Gasteiger partial charge in [-0.1, -0.05) is 0 Å². The van der Waals surface area contributed by atoms with Gasteiger partial charge < -0.3 is 19.7 Å². The maximum atomic E-state index is 12.8. The number of benzene rings is 1. The van der Waals surface area contributed by atoms with Crippen molar-refractivity contribution in [2.45, 2.75) is 29.9 Å². The van der Waals surface area contributed by atoms with E-state index in [-0.39, 0.29) is 11.8 Å². The van der Waals surface area contributed by atoms with Gasteiger partial charge in [0.15, 0.2) is 5.79 Å². The van der Waals surface area contributed by atoms with Crippen molar-refractivity contribution in [3.63, 3.8) is 0 Å². The smallest absolute Gasteiger partial charge is 0.253 e. The molecule has 4 rings (SSSR count). The molecule has 0 radical (unpaired) electrons. The number of piperidine rings is 1. The summed E-state index contributed by atoms with van der Waals surface area (Å²) in [6.45, 7) is 2.51. The van der Waals surface area contributed by atoms with Crippen LogP contribution in [0.5, 0.6) is 0 Å². The van der Waals surface area contributed by atoms with Gasteiger partial charge in [-0.25, -0.2) is 0 Å². The number of carbonyl (C=O) groups is 2. The van der Waals surface area contributed by atoms with Crippen molar-refractivity contribution in [3.05, 3.63) is 23.8 Å². The number of rotatable bonds is 1. The quantitative estimate of drug-likeness (QED) is 0.842. The first-order valence-electron chi connectivity index (χ1n) is 8.29. The zero-order valence-corrected chi connectivity index (χ0v) is 14.2. The van der Waals surface area contributed by atoms with Gasteiger partial charge in [0.1, 0.15) is 0 Å². The Morgan fingerprint density at radius 1 is 1.21 bits per heavy atom. The summed E-state index contributed by atoms with van der Waals surface area (Å²) in [6, 6.07) is 5.56. The molecule has 2 fully saturated rings. The van der Waals surface area contributed by atoms with E-state index in [4.69, 9.17) is 9.47 Å². The molecule has 1 N–H and O–H groups in total. The van der Waals surface area contributed by atoms with Crippen LogP contribution < -0.4 is 5.32 Å². The Balaban J connectivity index is 1.48. The monoisotopic (exact) mass is 348 g/mol. The Labute approximate surface area is 144 Å². The largest absolute Gasteiger partial charge is 0.347 e. The SMILES string of the molecule is O=C1CCSc2ccc(C(=O)N3CCC4(CC3)OCCO4)cc2N1. The van der Waals surface area contributed by atoms with Crippen molar-refractivity contribution >= 4 is 29.3 Å². The van der Waals surface area contributed by atoms with Crippen LogP contribution in [0.4, 0.5) is 5.69 Å². The summed E-state index contributed by atoms with van der Waals surface area (Å²) in [5.41, 5.74) is 1.35. The summed E-state index contributed by atoms with van der Waals surface area (Å²) < 4.78 is 11.4. The van der Waals surface area contributed by atoms with Crippen molar-refractivity contribution in [3.8, 4) is 0 Å². The lowest BCUT2D eigenvalue weighted by molar-refractivity contribution is -0.181. The molecule has 3 heterocycles. The van der Waals surface area contributed by atoms with Crippen LogP contribution in [-0.2, 0) is 14.3 Å². The molecule has 3 aliphatic rings. The van der Waals surface area contributed by atoms with Gasteiger partial charge in [-0.15, -0.1) is 11.8 Å². The second kappa shape index (κ2) is 6.38. The van der Waals surface area contributed by atoms with Gasteiger partial charge in [-0.05, 0) is 18.2 Å². The number of hydrogen-bond acceptors (Lipinski definition) is 5. The van der Waals surface area contributed by atoms with Crippen LogP contribution in [0.2, 0.25) is 0 Å². The van der Waals surface area contributed by atoms with E-state index in [0.29, 0.717) is 51.1 Å². The van der Waals surface area contributed by atoms with Crippen molar-refractivity contribution in [2.75, 3.05) is 37.4 Å². The number of nitrogens with zero attached hydrogens (tertiary/aromatic N) is 1. The van der Waals surface area contributed by atoms with Crippen LogP contribution in [0, 0.1) is 0 Å². The molecule has 24 heavy (non-hydrogen) atoms. The fourth-order valence-electron chi connectivity index (χ4n) is 3.37. The zero-order chi connectivity index (χ0) is 16.6. The number of ether oxygens (including phenoxy) is 2. The molecule has 2 amide bonds. The molecule has 1 aromatic rings. The van der Waals surface area contributed by atoms with E-state index in [1.807, 2.05) is 17.0 Å². The van der Waals surface area contributed by atoms with Crippen LogP contribution in [0.3, 0.4) is 0 Å². The minimum atomic E-state index is -0.477. The maximum Gasteiger partial charge on any atom is 0.253 e. The number of hydrogen-bond donors (Lipinski definition) is 1. The molecule has 128 valence electrons. The summed E-state index contributed by atoms with van der Waals surface area (Å²) in [6.07, 6.45) is 1.91. The Bertz CT molecular complexity index is 663. The molecule has 7 heteroatoms. The lowest BCUT2D eigenvalue weighted by Crippen LogP contribution is -2.47. The van der Waals surface area contributed by atoms with E-state index in [9.17, 15) is 9.59 Å². The predicted octanol–water partition coefficient (Wildman–Crippen LogP) is 2.10. The van der Waals surface area contributed by atoms with E-state index in [0.717, 1.165) is 16.3 Å². The fraction of sp³-hybridized carbons (Fsp3) is 0.529. The Hall–Kier alpha value is -1.57. The van der Waals surface area contributed by atoms with Crippen LogP contribution >= 0.6 is 11.8 Å². The summed E-state index contributed by atoms with van der Waals surface area (Å²) in [7, 11) is 0. The Kier molecular flexibility index (Phi) is 4.24. The molecule has 0 aliphatic carbocycles. The molecule has 1 aromatic carbocycles. The number of thioether (sulfide) groups is 1. The first kappa shape index (κ1) is 15.9. The highest BCUT2D eigenvalue weighted by atomic mass is 32.2. The van der Waals surface area contributed by atoms with Crippen molar-refractivity contribution in [1.82, 2.24) is 4.90 Å². The second-order valence-electron chi connectivity index (χ2n) is 6.26. The molecule has 1 spiro atoms. The number of nitrogens with one attached hydrogen (secondary N) is 1.